The summed E-state index contributed by atoms with van der Waals surface area (Å²) in [6.07, 6.45) is 1.28. The maximum atomic E-state index is 12.4. The Hall–Kier alpha value is -1.30. The first-order chi connectivity index (χ1) is 9.13. The van der Waals surface area contributed by atoms with Crippen LogP contribution in [0, 0.1) is 16.7 Å². The molecule has 1 aliphatic rings. The maximum Gasteiger partial charge on any atom is 0.233 e. The SMILES string of the molecule is CC1CC(C(=O)NCC(C)(C)CN(C)C)(C(N)=NO)C1. The standard InChI is InChI=1S/C14H28N4O2/c1-10-6-14(7-10,11(15)17-20)12(19)16-8-13(2,3)9-18(4)5/h10,20H,6-9H2,1-5H3,(H2,15,17)(H,16,19). The summed E-state index contributed by atoms with van der Waals surface area (Å²) in [6, 6.07) is 0. The van der Waals surface area contributed by atoms with Crippen LogP contribution >= 0.6 is 0 Å². The number of nitrogens with one attached hydrogen (secondary N) is 1. The van der Waals surface area contributed by atoms with Crippen molar-refractivity contribution < 1.29 is 10.0 Å². The molecule has 1 rings (SSSR count). The van der Waals surface area contributed by atoms with Gasteiger partial charge in [-0.25, -0.2) is 0 Å². The maximum absolute atomic E-state index is 12.4. The smallest absolute Gasteiger partial charge is 0.233 e. The molecule has 6 heteroatoms. The quantitative estimate of drug-likeness (QED) is 0.292. The summed E-state index contributed by atoms with van der Waals surface area (Å²) in [5, 5.41) is 14.9. The minimum Gasteiger partial charge on any atom is -0.409 e. The molecule has 1 saturated carbocycles. The molecule has 6 nitrogen and oxygen atoms in total. The number of hydrogen-bond acceptors (Lipinski definition) is 4. The molecule has 0 heterocycles. The molecule has 0 radical (unpaired) electrons. The number of oxime groups is 1. The first-order valence-corrected chi connectivity index (χ1v) is 7.04. The van der Waals surface area contributed by atoms with E-state index in [2.05, 4.69) is 36.1 Å². The second kappa shape index (κ2) is 5.99. The van der Waals surface area contributed by atoms with Gasteiger partial charge in [0.1, 0.15) is 5.41 Å². The normalized spacial score (nSPS) is 27.3. The third-order valence-electron chi connectivity index (χ3n) is 3.90. The Morgan fingerprint density at radius 3 is 2.45 bits per heavy atom. The van der Waals surface area contributed by atoms with E-state index in [1.165, 1.54) is 0 Å². The van der Waals surface area contributed by atoms with Crippen LogP contribution < -0.4 is 11.1 Å². The van der Waals surface area contributed by atoms with Gasteiger partial charge in [-0.1, -0.05) is 25.9 Å². The fourth-order valence-electron chi connectivity index (χ4n) is 3.14. The molecule has 0 aliphatic heterocycles. The van der Waals surface area contributed by atoms with E-state index < -0.39 is 5.41 Å². The molecular formula is C14H28N4O2. The van der Waals surface area contributed by atoms with Crippen molar-refractivity contribution in [2.24, 2.45) is 27.6 Å². The van der Waals surface area contributed by atoms with Gasteiger partial charge in [0.15, 0.2) is 5.84 Å². The fraction of sp³-hybridized carbons (Fsp3) is 0.857. The van der Waals surface area contributed by atoms with Gasteiger partial charge in [0.05, 0.1) is 0 Å². The number of rotatable bonds is 6. The third kappa shape index (κ3) is 3.62. The molecule has 20 heavy (non-hydrogen) atoms. The van der Waals surface area contributed by atoms with Gasteiger partial charge < -0.3 is 21.2 Å². The van der Waals surface area contributed by atoms with E-state index in [0.717, 1.165) is 6.54 Å². The van der Waals surface area contributed by atoms with Crippen LogP contribution in [0.1, 0.15) is 33.6 Å². The van der Waals surface area contributed by atoms with Crippen LogP contribution in [0.25, 0.3) is 0 Å². The second-order valence-electron chi connectivity index (χ2n) is 7.17. The molecule has 1 fully saturated rings. The largest absolute Gasteiger partial charge is 0.409 e. The highest BCUT2D eigenvalue weighted by atomic mass is 16.4. The molecule has 1 amide bonds. The Morgan fingerprint density at radius 1 is 1.50 bits per heavy atom. The lowest BCUT2D eigenvalue weighted by molar-refractivity contribution is -0.133. The van der Waals surface area contributed by atoms with Crippen molar-refractivity contribution in [1.82, 2.24) is 10.2 Å². The molecule has 0 aromatic carbocycles. The van der Waals surface area contributed by atoms with Crippen molar-refractivity contribution in [3.63, 3.8) is 0 Å². The predicted octanol–water partition coefficient (Wildman–Crippen LogP) is 0.853. The lowest BCUT2D eigenvalue weighted by Gasteiger charge is -2.44. The highest BCUT2D eigenvalue weighted by Gasteiger charge is 2.52. The molecule has 0 aromatic heterocycles. The van der Waals surface area contributed by atoms with Crippen LogP contribution in [0.2, 0.25) is 0 Å². The first kappa shape index (κ1) is 16.8. The molecule has 0 saturated heterocycles. The zero-order chi connectivity index (χ0) is 15.6. The Morgan fingerprint density at radius 2 is 2.05 bits per heavy atom. The minimum absolute atomic E-state index is 0.0264. The lowest BCUT2D eigenvalue weighted by atomic mass is 9.61. The Kier molecular flexibility index (Phi) is 5.02. The molecule has 116 valence electrons. The minimum atomic E-state index is -0.817. The monoisotopic (exact) mass is 284 g/mol. The van der Waals surface area contributed by atoms with Crippen LogP contribution in [0.3, 0.4) is 0 Å². The van der Waals surface area contributed by atoms with Crippen LogP contribution in [-0.4, -0.2) is 49.0 Å². The van der Waals surface area contributed by atoms with Crippen LogP contribution in [-0.2, 0) is 4.79 Å². The van der Waals surface area contributed by atoms with Gasteiger partial charge in [0.25, 0.3) is 0 Å². The van der Waals surface area contributed by atoms with E-state index in [1.807, 2.05) is 14.1 Å². The fourth-order valence-corrected chi connectivity index (χ4v) is 3.14. The molecule has 0 bridgehead atoms. The van der Waals surface area contributed by atoms with Crippen LogP contribution in [0.5, 0.6) is 0 Å². The molecule has 1 aliphatic carbocycles. The van der Waals surface area contributed by atoms with Crippen molar-refractivity contribution in [1.29, 1.82) is 0 Å². The highest BCUT2D eigenvalue weighted by molar-refractivity contribution is 6.07. The first-order valence-electron chi connectivity index (χ1n) is 7.04. The van der Waals surface area contributed by atoms with Gasteiger partial charge in [-0.15, -0.1) is 0 Å². The average Bonchev–Trinajstić information content (AvgIpc) is 2.29. The van der Waals surface area contributed by atoms with Gasteiger partial charge in [-0.05, 0) is 38.3 Å². The molecule has 4 N–H and O–H groups in total. The van der Waals surface area contributed by atoms with Crippen LogP contribution in [0.15, 0.2) is 5.16 Å². The number of hydrogen-bond donors (Lipinski definition) is 3. The summed E-state index contributed by atoms with van der Waals surface area (Å²) in [4.78, 5) is 14.5. The number of carbonyl (C=O) groups is 1. The van der Waals surface area contributed by atoms with Crippen molar-refractivity contribution >= 4 is 11.7 Å². The van der Waals surface area contributed by atoms with Gasteiger partial charge >= 0.3 is 0 Å². The van der Waals surface area contributed by atoms with Crippen LogP contribution in [0.4, 0.5) is 0 Å². The number of nitrogens with two attached hydrogens (primary N) is 1. The topological polar surface area (TPSA) is 91.0 Å². The number of carbonyl (C=O) groups excluding carboxylic acids is 1. The van der Waals surface area contributed by atoms with E-state index >= 15 is 0 Å². The summed E-state index contributed by atoms with van der Waals surface area (Å²) in [5.41, 5.74) is 4.88. The number of amidine groups is 1. The Labute approximate surface area is 121 Å². The number of nitrogens with zero attached hydrogens (tertiary/aromatic N) is 2. The molecule has 0 unspecified atom stereocenters. The van der Waals surface area contributed by atoms with Crippen molar-refractivity contribution in [2.45, 2.75) is 33.6 Å². The average molecular weight is 284 g/mol. The summed E-state index contributed by atoms with van der Waals surface area (Å²) in [6.45, 7) is 7.71. The molecule has 0 atom stereocenters. The Balaban J connectivity index is 2.66. The predicted molar refractivity (Wildman–Crippen MR) is 79.6 cm³/mol. The number of amides is 1. The van der Waals surface area contributed by atoms with Crippen molar-refractivity contribution in [2.75, 3.05) is 27.2 Å². The summed E-state index contributed by atoms with van der Waals surface area (Å²) in [5.74, 6) is 0.326. The van der Waals surface area contributed by atoms with E-state index in [1.54, 1.807) is 0 Å². The van der Waals surface area contributed by atoms with E-state index in [9.17, 15) is 4.79 Å². The molecular weight excluding hydrogens is 256 g/mol. The van der Waals surface area contributed by atoms with Gasteiger partial charge in [-0.3, -0.25) is 4.79 Å². The summed E-state index contributed by atoms with van der Waals surface area (Å²) < 4.78 is 0. The summed E-state index contributed by atoms with van der Waals surface area (Å²) in [7, 11) is 4.02. The zero-order valence-electron chi connectivity index (χ0n) is 13.2. The zero-order valence-corrected chi connectivity index (χ0v) is 13.2. The van der Waals surface area contributed by atoms with E-state index in [0.29, 0.717) is 25.3 Å². The van der Waals surface area contributed by atoms with Gasteiger partial charge in [0.2, 0.25) is 5.91 Å². The molecule has 0 spiro atoms. The Bertz CT molecular complexity index is 385. The second-order valence-corrected chi connectivity index (χ2v) is 7.17. The van der Waals surface area contributed by atoms with Crippen molar-refractivity contribution in [3.05, 3.63) is 0 Å². The lowest BCUT2D eigenvalue weighted by Crippen LogP contribution is -2.58. The van der Waals surface area contributed by atoms with E-state index in [-0.39, 0.29) is 17.2 Å². The summed E-state index contributed by atoms with van der Waals surface area (Å²) >= 11 is 0. The third-order valence-corrected chi connectivity index (χ3v) is 3.90. The van der Waals surface area contributed by atoms with E-state index in [4.69, 9.17) is 10.9 Å². The van der Waals surface area contributed by atoms with Gasteiger partial charge in [-0.2, -0.15) is 0 Å². The van der Waals surface area contributed by atoms with Gasteiger partial charge in [0, 0.05) is 13.1 Å². The highest BCUT2D eigenvalue weighted by Crippen LogP contribution is 2.45. The molecule has 0 aromatic rings. The van der Waals surface area contributed by atoms with Crippen molar-refractivity contribution in [3.8, 4) is 0 Å².